The summed E-state index contributed by atoms with van der Waals surface area (Å²) in [6.45, 7) is 2.69. The van der Waals surface area contributed by atoms with E-state index in [1.807, 2.05) is 43.3 Å². The van der Waals surface area contributed by atoms with E-state index in [9.17, 15) is 0 Å². The van der Waals surface area contributed by atoms with E-state index in [0.717, 1.165) is 24.3 Å². The van der Waals surface area contributed by atoms with Crippen molar-refractivity contribution in [2.75, 3.05) is 17.2 Å². The smallest absolute Gasteiger partial charge is 0.224 e. The molecule has 0 amide bonds. The molecular formula is C20H19N5. The Morgan fingerprint density at radius 1 is 1.00 bits per heavy atom. The van der Waals surface area contributed by atoms with Gasteiger partial charge in [0.25, 0.3) is 0 Å². The van der Waals surface area contributed by atoms with Gasteiger partial charge in [0.05, 0.1) is 11.6 Å². The molecule has 5 heteroatoms. The highest BCUT2D eigenvalue weighted by Gasteiger charge is 2.03. The van der Waals surface area contributed by atoms with Crippen molar-refractivity contribution in [2.24, 2.45) is 0 Å². The summed E-state index contributed by atoms with van der Waals surface area (Å²) in [6.07, 6.45) is 0.908. The van der Waals surface area contributed by atoms with E-state index >= 15 is 0 Å². The molecule has 0 bridgehead atoms. The largest absolute Gasteiger partial charge is 0.354 e. The molecule has 0 aliphatic rings. The van der Waals surface area contributed by atoms with Gasteiger partial charge in [0, 0.05) is 24.0 Å². The minimum atomic E-state index is 0.592. The molecule has 2 N–H and O–H groups in total. The van der Waals surface area contributed by atoms with Crippen molar-refractivity contribution < 1.29 is 0 Å². The lowest BCUT2D eigenvalue weighted by Gasteiger charge is -2.10. The van der Waals surface area contributed by atoms with Crippen LogP contribution in [0, 0.1) is 18.3 Å². The van der Waals surface area contributed by atoms with Gasteiger partial charge in [-0.1, -0.05) is 36.4 Å². The number of nitrogens with zero attached hydrogens (tertiary/aromatic N) is 3. The van der Waals surface area contributed by atoms with Crippen LogP contribution in [0.1, 0.15) is 16.8 Å². The quantitative estimate of drug-likeness (QED) is 0.713. The lowest BCUT2D eigenvalue weighted by atomic mass is 10.1. The molecule has 3 rings (SSSR count). The topological polar surface area (TPSA) is 73.6 Å². The number of aryl methyl sites for hydroxylation is 1. The summed E-state index contributed by atoms with van der Waals surface area (Å²) in [7, 11) is 0. The van der Waals surface area contributed by atoms with Gasteiger partial charge in [-0.3, -0.25) is 0 Å². The summed E-state index contributed by atoms with van der Waals surface area (Å²) in [5, 5.41) is 15.5. The zero-order valence-corrected chi connectivity index (χ0v) is 14.0. The molecule has 0 atom stereocenters. The number of anilines is 3. The highest BCUT2D eigenvalue weighted by atomic mass is 15.1. The fraction of sp³-hybridized carbons (Fsp3) is 0.150. The minimum Gasteiger partial charge on any atom is -0.354 e. The molecule has 0 radical (unpaired) electrons. The number of benzene rings is 2. The summed E-state index contributed by atoms with van der Waals surface area (Å²) >= 11 is 0. The van der Waals surface area contributed by atoms with E-state index in [0.29, 0.717) is 17.3 Å². The summed E-state index contributed by atoms with van der Waals surface area (Å²) in [4.78, 5) is 8.93. The Bertz CT molecular complexity index is 884. The van der Waals surface area contributed by atoms with E-state index < -0.39 is 0 Å². The summed E-state index contributed by atoms with van der Waals surface area (Å²) in [6, 6.07) is 21.6. The molecule has 25 heavy (non-hydrogen) atoms. The molecule has 1 aromatic heterocycles. The van der Waals surface area contributed by atoms with Crippen molar-refractivity contribution in [2.45, 2.75) is 13.3 Å². The van der Waals surface area contributed by atoms with Crippen LogP contribution in [-0.4, -0.2) is 16.5 Å². The van der Waals surface area contributed by atoms with E-state index in [1.165, 1.54) is 5.56 Å². The molecule has 3 aromatic rings. The van der Waals surface area contributed by atoms with E-state index in [-0.39, 0.29) is 0 Å². The first-order valence-electron chi connectivity index (χ1n) is 8.13. The van der Waals surface area contributed by atoms with Gasteiger partial charge in [-0.2, -0.15) is 10.2 Å². The average Bonchev–Trinajstić information content (AvgIpc) is 2.62. The Kier molecular flexibility index (Phi) is 5.22. The number of aromatic nitrogens is 2. The van der Waals surface area contributed by atoms with Gasteiger partial charge in [-0.25, -0.2) is 4.98 Å². The predicted octanol–water partition coefficient (Wildman–Crippen LogP) is 4.05. The van der Waals surface area contributed by atoms with E-state index in [4.69, 9.17) is 5.26 Å². The number of hydrogen-bond acceptors (Lipinski definition) is 5. The zero-order valence-electron chi connectivity index (χ0n) is 14.0. The standard InChI is InChI=1S/C20H19N5/c1-15-12-19(24-18-9-5-8-17(13-18)14-21)25-20(23-15)22-11-10-16-6-3-2-4-7-16/h2-9,12-13H,10-11H2,1H3,(H2,22,23,24,25). The molecule has 0 aliphatic heterocycles. The van der Waals surface area contributed by atoms with Crippen LogP contribution in [0.2, 0.25) is 0 Å². The predicted molar refractivity (Wildman–Crippen MR) is 99.8 cm³/mol. The Morgan fingerprint density at radius 3 is 2.64 bits per heavy atom. The third-order valence-corrected chi connectivity index (χ3v) is 3.66. The first kappa shape index (κ1) is 16.5. The molecule has 0 saturated heterocycles. The Hall–Kier alpha value is -3.39. The molecule has 0 spiro atoms. The van der Waals surface area contributed by atoms with Crippen LogP contribution in [-0.2, 0) is 6.42 Å². The van der Waals surface area contributed by atoms with Crippen molar-refractivity contribution in [3.63, 3.8) is 0 Å². The van der Waals surface area contributed by atoms with Gasteiger partial charge in [-0.15, -0.1) is 0 Å². The Morgan fingerprint density at radius 2 is 1.84 bits per heavy atom. The van der Waals surface area contributed by atoms with E-state index in [1.54, 1.807) is 12.1 Å². The van der Waals surface area contributed by atoms with Gasteiger partial charge in [-0.05, 0) is 37.1 Å². The van der Waals surface area contributed by atoms with Gasteiger partial charge in [0.2, 0.25) is 5.95 Å². The van der Waals surface area contributed by atoms with E-state index in [2.05, 4.69) is 38.8 Å². The number of hydrogen-bond donors (Lipinski definition) is 2. The van der Waals surface area contributed by atoms with Gasteiger partial charge in [0.1, 0.15) is 5.82 Å². The second kappa shape index (κ2) is 7.93. The Balaban J connectivity index is 1.66. The minimum absolute atomic E-state index is 0.592. The Labute approximate surface area is 147 Å². The maximum absolute atomic E-state index is 8.99. The molecule has 5 nitrogen and oxygen atoms in total. The third kappa shape index (κ3) is 4.79. The monoisotopic (exact) mass is 329 g/mol. The van der Waals surface area contributed by atoms with Crippen LogP contribution in [0.3, 0.4) is 0 Å². The molecule has 0 fully saturated rings. The first-order valence-corrected chi connectivity index (χ1v) is 8.13. The number of nitriles is 1. The fourth-order valence-electron chi connectivity index (χ4n) is 2.49. The molecule has 0 aliphatic carbocycles. The van der Waals surface area contributed by atoms with Crippen LogP contribution in [0.15, 0.2) is 60.7 Å². The van der Waals surface area contributed by atoms with Crippen LogP contribution < -0.4 is 10.6 Å². The third-order valence-electron chi connectivity index (χ3n) is 3.66. The molecular weight excluding hydrogens is 310 g/mol. The molecule has 0 unspecified atom stereocenters. The van der Waals surface area contributed by atoms with Gasteiger partial charge >= 0.3 is 0 Å². The molecule has 124 valence electrons. The highest BCUT2D eigenvalue weighted by Crippen LogP contribution is 2.17. The number of rotatable bonds is 6. The summed E-state index contributed by atoms with van der Waals surface area (Å²) in [5.41, 5.74) is 3.58. The maximum Gasteiger partial charge on any atom is 0.224 e. The summed E-state index contributed by atoms with van der Waals surface area (Å²) in [5.74, 6) is 1.29. The van der Waals surface area contributed by atoms with Crippen LogP contribution in [0.4, 0.5) is 17.5 Å². The highest BCUT2D eigenvalue weighted by molar-refractivity contribution is 5.59. The van der Waals surface area contributed by atoms with Gasteiger partial charge in [0.15, 0.2) is 0 Å². The fourth-order valence-corrected chi connectivity index (χ4v) is 2.49. The SMILES string of the molecule is Cc1cc(Nc2cccc(C#N)c2)nc(NCCc2ccccc2)n1. The van der Waals surface area contributed by atoms with Crippen molar-refractivity contribution in [3.05, 3.63) is 77.5 Å². The lowest BCUT2D eigenvalue weighted by molar-refractivity contribution is 0.976. The lowest BCUT2D eigenvalue weighted by Crippen LogP contribution is -2.09. The molecule has 1 heterocycles. The maximum atomic E-state index is 8.99. The van der Waals surface area contributed by atoms with Crippen molar-refractivity contribution in [3.8, 4) is 6.07 Å². The van der Waals surface area contributed by atoms with Gasteiger partial charge < -0.3 is 10.6 Å². The van der Waals surface area contributed by atoms with Crippen molar-refractivity contribution in [1.29, 1.82) is 5.26 Å². The first-order chi connectivity index (χ1) is 12.2. The average molecular weight is 329 g/mol. The van der Waals surface area contributed by atoms with Crippen molar-refractivity contribution in [1.82, 2.24) is 9.97 Å². The zero-order chi connectivity index (χ0) is 17.5. The normalized spacial score (nSPS) is 10.1. The second-order valence-corrected chi connectivity index (χ2v) is 5.70. The molecule has 2 aromatic carbocycles. The molecule has 0 saturated carbocycles. The van der Waals surface area contributed by atoms with Crippen LogP contribution in [0.5, 0.6) is 0 Å². The number of nitrogens with one attached hydrogen (secondary N) is 2. The van der Waals surface area contributed by atoms with Crippen LogP contribution >= 0.6 is 0 Å². The summed E-state index contributed by atoms with van der Waals surface area (Å²) < 4.78 is 0. The second-order valence-electron chi connectivity index (χ2n) is 5.70. The van der Waals surface area contributed by atoms with Crippen LogP contribution in [0.25, 0.3) is 0 Å². The van der Waals surface area contributed by atoms with Crippen molar-refractivity contribution >= 4 is 17.5 Å².